The molecule has 4 atom stereocenters. The second-order valence-corrected chi connectivity index (χ2v) is 7.92. The Morgan fingerprint density at radius 1 is 1.27 bits per heavy atom. The largest absolute Gasteiger partial charge is 0.394 e. The number of hydrogen-bond acceptors (Lipinski definition) is 5. The Labute approximate surface area is 155 Å². The van der Waals surface area contributed by atoms with E-state index in [1.54, 1.807) is 0 Å². The minimum atomic E-state index is -0.236. The summed E-state index contributed by atoms with van der Waals surface area (Å²) < 4.78 is 0. The summed E-state index contributed by atoms with van der Waals surface area (Å²) in [5, 5.41) is 22.5. The Bertz CT molecular complexity index is 571. The SMILES string of the molecule is CC1=C(CC(=O)N[C@H](CO)C2CCNCC2)C(=O)NC2CCNC(C)C12. The van der Waals surface area contributed by atoms with Gasteiger partial charge in [0.15, 0.2) is 0 Å². The average molecular weight is 364 g/mol. The number of rotatable bonds is 5. The van der Waals surface area contributed by atoms with Gasteiger partial charge in [-0.25, -0.2) is 0 Å². The number of fused-ring (bicyclic) bond motifs is 1. The van der Waals surface area contributed by atoms with Crippen molar-refractivity contribution in [1.82, 2.24) is 21.3 Å². The highest BCUT2D eigenvalue weighted by atomic mass is 16.3. The molecule has 0 aromatic heterocycles. The molecular formula is C19H32N4O3. The molecule has 3 rings (SSSR count). The van der Waals surface area contributed by atoms with Crippen LogP contribution < -0.4 is 21.3 Å². The van der Waals surface area contributed by atoms with E-state index >= 15 is 0 Å². The Balaban J connectivity index is 1.67. The van der Waals surface area contributed by atoms with E-state index in [9.17, 15) is 14.7 Å². The van der Waals surface area contributed by atoms with Gasteiger partial charge in [0, 0.05) is 23.6 Å². The zero-order valence-corrected chi connectivity index (χ0v) is 15.8. The number of piperidine rings is 2. The summed E-state index contributed by atoms with van der Waals surface area (Å²) >= 11 is 0. The van der Waals surface area contributed by atoms with Crippen molar-refractivity contribution in [2.75, 3.05) is 26.2 Å². The zero-order chi connectivity index (χ0) is 18.7. The first-order valence-corrected chi connectivity index (χ1v) is 9.86. The van der Waals surface area contributed by atoms with Crippen LogP contribution in [0.1, 0.15) is 39.5 Å². The second-order valence-electron chi connectivity index (χ2n) is 7.92. The summed E-state index contributed by atoms with van der Waals surface area (Å²) in [6.45, 7) is 6.79. The van der Waals surface area contributed by atoms with Gasteiger partial charge in [-0.3, -0.25) is 9.59 Å². The minimum absolute atomic E-state index is 0.0632. The Hall–Kier alpha value is -1.44. The van der Waals surface area contributed by atoms with Gasteiger partial charge in [0.2, 0.25) is 11.8 Å². The number of hydrogen-bond donors (Lipinski definition) is 5. The predicted octanol–water partition coefficient (Wildman–Crippen LogP) is -0.334. The number of amides is 2. The van der Waals surface area contributed by atoms with E-state index in [1.807, 2.05) is 6.92 Å². The molecule has 3 heterocycles. The molecule has 7 nitrogen and oxygen atoms in total. The van der Waals surface area contributed by atoms with Crippen LogP contribution in [-0.4, -0.2) is 61.3 Å². The molecule has 3 aliphatic heterocycles. The van der Waals surface area contributed by atoms with E-state index < -0.39 is 0 Å². The third-order valence-corrected chi connectivity index (χ3v) is 6.29. The highest BCUT2D eigenvalue weighted by molar-refractivity contribution is 6.00. The number of nitrogens with one attached hydrogen (secondary N) is 4. The lowest BCUT2D eigenvalue weighted by Gasteiger charge is -2.42. The first kappa shape index (κ1) is 19.3. The topological polar surface area (TPSA) is 102 Å². The quantitative estimate of drug-likeness (QED) is 0.460. The van der Waals surface area contributed by atoms with Crippen LogP contribution >= 0.6 is 0 Å². The monoisotopic (exact) mass is 364 g/mol. The van der Waals surface area contributed by atoms with Crippen molar-refractivity contribution in [3.05, 3.63) is 11.1 Å². The lowest BCUT2D eigenvalue weighted by atomic mass is 9.76. The van der Waals surface area contributed by atoms with Gasteiger partial charge in [0.25, 0.3) is 0 Å². The van der Waals surface area contributed by atoms with Gasteiger partial charge in [0.1, 0.15) is 0 Å². The van der Waals surface area contributed by atoms with Gasteiger partial charge in [-0.1, -0.05) is 5.57 Å². The van der Waals surface area contributed by atoms with E-state index in [0.717, 1.165) is 44.5 Å². The Morgan fingerprint density at radius 3 is 2.69 bits per heavy atom. The average Bonchev–Trinajstić information content (AvgIpc) is 2.63. The van der Waals surface area contributed by atoms with Crippen LogP contribution in [0.3, 0.4) is 0 Å². The fourth-order valence-corrected chi connectivity index (χ4v) is 4.79. The Kier molecular flexibility index (Phi) is 6.32. The fourth-order valence-electron chi connectivity index (χ4n) is 4.79. The van der Waals surface area contributed by atoms with Gasteiger partial charge in [-0.05, 0) is 58.7 Å². The normalized spacial score (nSPS) is 31.2. The molecule has 26 heavy (non-hydrogen) atoms. The molecule has 0 aromatic rings. The summed E-state index contributed by atoms with van der Waals surface area (Å²) in [5.41, 5.74) is 1.61. The third-order valence-electron chi connectivity index (χ3n) is 6.29. The standard InChI is InChI=1S/C19H32N4O3/c1-11-14(19(26)23-15-5-8-21-12(2)18(11)15)9-17(25)22-16(10-24)13-3-6-20-7-4-13/h12-13,15-16,18,20-21,24H,3-10H2,1-2H3,(H,22,25)(H,23,26)/t12?,15?,16-,18?/m1/s1. The summed E-state index contributed by atoms with van der Waals surface area (Å²) in [7, 11) is 0. The van der Waals surface area contributed by atoms with Crippen molar-refractivity contribution in [2.45, 2.75) is 57.7 Å². The maximum absolute atomic E-state index is 12.6. The van der Waals surface area contributed by atoms with Crippen molar-refractivity contribution in [2.24, 2.45) is 11.8 Å². The van der Waals surface area contributed by atoms with Gasteiger partial charge < -0.3 is 26.4 Å². The van der Waals surface area contributed by atoms with E-state index in [0.29, 0.717) is 5.57 Å². The van der Waals surface area contributed by atoms with Crippen molar-refractivity contribution in [3.63, 3.8) is 0 Å². The molecule has 2 fully saturated rings. The number of carbonyl (C=O) groups excluding carboxylic acids is 2. The molecule has 0 aromatic carbocycles. The van der Waals surface area contributed by atoms with Crippen LogP contribution in [0.25, 0.3) is 0 Å². The molecule has 0 radical (unpaired) electrons. The maximum atomic E-state index is 12.6. The second kappa shape index (κ2) is 8.50. The molecule has 3 aliphatic rings. The number of aliphatic hydroxyl groups is 1. The smallest absolute Gasteiger partial charge is 0.247 e. The van der Waals surface area contributed by atoms with Crippen molar-refractivity contribution >= 4 is 11.8 Å². The third kappa shape index (κ3) is 4.10. The minimum Gasteiger partial charge on any atom is -0.394 e. The molecule has 3 unspecified atom stereocenters. The molecule has 2 amide bonds. The summed E-state index contributed by atoms with van der Waals surface area (Å²) in [6, 6.07) is 0.206. The lowest BCUT2D eigenvalue weighted by Crippen LogP contribution is -2.57. The zero-order valence-electron chi connectivity index (χ0n) is 15.8. The first-order valence-electron chi connectivity index (χ1n) is 9.86. The van der Waals surface area contributed by atoms with E-state index in [2.05, 4.69) is 28.2 Å². The summed E-state index contributed by atoms with van der Waals surface area (Å²) in [4.78, 5) is 25.1. The molecule has 7 heteroatoms. The van der Waals surface area contributed by atoms with E-state index in [4.69, 9.17) is 0 Å². The summed E-state index contributed by atoms with van der Waals surface area (Å²) in [5.74, 6) is 0.229. The van der Waals surface area contributed by atoms with Gasteiger partial charge >= 0.3 is 0 Å². The van der Waals surface area contributed by atoms with Crippen molar-refractivity contribution in [3.8, 4) is 0 Å². The van der Waals surface area contributed by atoms with E-state index in [-0.39, 0.29) is 54.8 Å². The number of carbonyl (C=O) groups is 2. The van der Waals surface area contributed by atoms with Crippen molar-refractivity contribution < 1.29 is 14.7 Å². The van der Waals surface area contributed by atoms with Crippen LogP contribution in [0, 0.1) is 11.8 Å². The molecule has 146 valence electrons. The van der Waals surface area contributed by atoms with Gasteiger partial charge in [-0.15, -0.1) is 0 Å². The highest BCUT2D eigenvalue weighted by Gasteiger charge is 2.39. The fraction of sp³-hybridized carbons (Fsp3) is 0.789. The van der Waals surface area contributed by atoms with Crippen LogP contribution in [-0.2, 0) is 9.59 Å². The summed E-state index contributed by atoms with van der Waals surface area (Å²) in [6.07, 6.45) is 2.89. The van der Waals surface area contributed by atoms with Crippen LogP contribution in [0.15, 0.2) is 11.1 Å². The maximum Gasteiger partial charge on any atom is 0.247 e. The van der Waals surface area contributed by atoms with Crippen LogP contribution in [0.4, 0.5) is 0 Å². The highest BCUT2D eigenvalue weighted by Crippen LogP contribution is 2.32. The lowest BCUT2D eigenvalue weighted by molar-refractivity contribution is -0.125. The molecule has 5 N–H and O–H groups in total. The van der Waals surface area contributed by atoms with Gasteiger partial charge in [-0.2, -0.15) is 0 Å². The molecule has 0 saturated carbocycles. The Morgan fingerprint density at radius 2 is 2.00 bits per heavy atom. The van der Waals surface area contributed by atoms with E-state index in [1.165, 1.54) is 0 Å². The molecular weight excluding hydrogens is 332 g/mol. The van der Waals surface area contributed by atoms with Crippen LogP contribution in [0.2, 0.25) is 0 Å². The molecule has 0 bridgehead atoms. The molecule has 0 spiro atoms. The predicted molar refractivity (Wildman–Crippen MR) is 99.4 cm³/mol. The number of aliphatic hydroxyl groups excluding tert-OH is 1. The molecule has 0 aliphatic carbocycles. The van der Waals surface area contributed by atoms with Crippen molar-refractivity contribution in [1.29, 1.82) is 0 Å². The first-order chi connectivity index (χ1) is 12.5. The van der Waals surface area contributed by atoms with Crippen LogP contribution in [0.5, 0.6) is 0 Å². The molecule has 2 saturated heterocycles. The van der Waals surface area contributed by atoms with Gasteiger partial charge in [0.05, 0.1) is 19.1 Å².